The van der Waals surface area contributed by atoms with Crippen LogP contribution in [0, 0.1) is 13.8 Å². The zero-order chi connectivity index (χ0) is 11.5. The molecule has 0 aliphatic carbocycles. The summed E-state index contributed by atoms with van der Waals surface area (Å²) in [6.45, 7) is 9.21. The smallest absolute Gasteiger partial charge is 0.0638 e. The van der Waals surface area contributed by atoms with Crippen molar-refractivity contribution in [3.63, 3.8) is 0 Å². The number of nitrogens with one attached hydrogen (secondary N) is 2. The molecule has 86 valence electrons. The molecule has 1 rings (SSSR count). The van der Waals surface area contributed by atoms with Crippen molar-refractivity contribution in [2.45, 2.75) is 46.2 Å². The first-order valence-electron chi connectivity index (χ1n) is 5.32. The fraction of sp³-hybridized carbons (Fsp3) is 0.727. The molecule has 0 atom stereocenters. The van der Waals surface area contributed by atoms with E-state index in [1.54, 1.807) is 0 Å². The molecule has 0 saturated carbocycles. The second kappa shape index (κ2) is 4.77. The van der Waals surface area contributed by atoms with Gasteiger partial charge in [-0.25, -0.2) is 0 Å². The van der Waals surface area contributed by atoms with Crippen molar-refractivity contribution in [2.24, 2.45) is 0 Å². The maximum atomic E-state index is 8.91. The summed E-state index contributed by atoms with van der Waals surface area (Å²) in [6, 6.07) is 0. The average molecular weight is 211 g/mol. The van der Waals surface area contributed by atoms with Gasteiger partial charge in [-0.2, -0.15) is 5.10 Å². The van der Waals surface area contributed by atoms with Gasteiger partial charge in [-0.1, -0.05) is 0 Å². The molecule has 0 aliphatic heterocycles. The summed E-state index contributed by atoms with van der Waals surface area (Å²) in [5.74, 6) is 0. The van der Waals surface area contributed by atoms with Gasteiger partial charge < -0.3 is 10.4 Å². The van der Waals surface area contributed by atoms with Crippen molar-refractivity contribution < 1.29 is 5.11 Å². The van der Waals surface area contributed by atoms with Crippen molar-refractivity contribution in [2.75, 3.05) is 6.61 Å². The van der Waals surface area contributed by atoms with Crippen LogP contribution >= 0.6 is 0 Å². The van der Waals surface area contributed by atoms with Crippen LogP contribution in [0.15, 0.2) is 0 Å². The van der Waals surface area contributed by atoms with Crippen LogP contribution in [0.3, 0.4) is 0 Å². The molecule has 0 bridgehead atoms. The van der Waals surface area contributed by atoms with Gasteiger partial charge >= 0.3 is 0 Å². The Morgan fingerprint density at radius 1 is 1.40 bits per heavy atom. The average Bonchev–Trinajstić information content (AvgIpc) is 2.44. The number of aliphatic hydroxyl groups excluding tert-OH is 1. The number of aromatic nitrogens is 2. The highest BCUT2D eigenvalue weighted by molar-refractivity contribution is 5.22. The molecule has 0 saturated heterocycles. The minimum atomic E-state index is -0.0368. The number of nitrogens with zero attached hydrogens (tertiary/aromatic N) is 1. The van der Waals surface area contributed by atoms with Gasteiger partial charge in [0.2, 0.25) is 0 Å². The maximum absolute atomic E-state index is 8.91. The molecule has 1 aromatic heterocycles. The highest BCUT2D eigenvalue weighted by Crippen LogP contribution is 2.13. The predicted octanol–water partition coefficient (Wildman–Crippen LogP) is 1.28. The number of aryl methyl sites for hydroxylation is 2. The van der Waals surface area contributed by atoms with Gasteiger partial charge in [-0.3, -0.25) is 5.10 Å². The van der Waals surface area contributed by atoms with Crippen LogP contribution < -0.4 is 5.32 Å². The predicted molar refractivity (Wildman–Crippen MR) is 60.7 cm³/mol. The van der Waals surface area contributed by atoms with Gasteiger partial charge in [0.05, 0.1) is 5.69 Å². The fourth-order valence-electron chi connectivity index (χ4n) is 1.53. The van der Waals surface area contributed by atoms with Crippen LogP contribution in [0.1, 0.15) is 37.2 Å². The van der Waals surface area contributed by atoms with Crippen LogP contribution in [0.25, 0.3) is 0 Å². The molecule has 0 amide bonds. The normalized spacial score (nSPS) is 12.1. The van der Waals surface area contributed by atoms with E-state index in [9.17, 15) is 0 Å². The van der Waals surface area contributed by atoms with Crippen LogP contribution in [0.5, 0.6) is 0 Å². The lowest BCUT2D eigenvalue weighted by Gasteiger charge is -2.25. The number of aliphatic hydroxyl groups is 1. The van der Waals surface area contributed by atoms with Crippen molar-refractivity contribution in [3.8, 4) is 0 Å². The van der Waals surface area contributed by atoms with Crippen molar-refractivity contribution >= 4 is 0 Å². The molecule has 0 fully saturated rings. The zero-order valence-electron chi connectivity index (χ0n) is 10.0. The van der Waals surface area contributed by atoms with Gasteiger partial charge in [0, 0.05) is 29.9 Å². The van der Waals surface area contributed by atoms with Gasteiger partial charge in [-0.05, 0) is 34.1 Å². The standard InChI is InChI=1S/C11H21N3O/c1-8-10(9(2)14-13-8)7-12-11(3,4)5-6-15/h12,15H,5-7H2,1-4H3,(H,13,14). The highest BCUT2D eigenvalue weighted by atomic mass is 16.3. The molecule has 0 aliphatic rings. The number of rotatable bonds is 5. The van der Waals surface area contributed by atoms with E-state index in [0.29, 0.717) is 0 Å². The summed E-state index contributed by atoms with van der Waals surface area (Å²) >= 11 is 0. The Bertz CT molecular complexity index is 298. The first kappa shape index (κ1) is 12.2. The number of hydrogen-bond donors (Lipinski definition) is 3. The summed E-state index contributed by atoms with van der Waals surface area (Å²) in [6.07, 6.45) is 0.753. The molecule has 4 heteroatoms. The molecule has 0 aromatic carbocycles. The quantitative estimate of drug-likeness (QED) is 0.687. The minimum Gasteiger partial charge on any atom is -0.396 e. The van der Waals surface area contributed by atoms with Gasteiger partial charge in [0.25, 0.3) is 0 Å². The summed E-state index contributed by atoms with van der Waals surface area (Å²) in [5, 5.41) is 19.4. The van der Waals surface area contributed by atoms with E-state index in [4.69, 9.17) is 5.11 Å². The number of hydrogen-bond acceptors (Lipinski definition) is 3. The molecule has 4 nitrogen and oxygen atoms in total. The Kier molecular flexibility index (Phi) is 3.88. The third-order valence-corrected chi connectivity index (χ3v) is 2.76. The fourth-order valence-corrected chi connectivity index (χ4v) is 1.53. The van der Waals surface area contributed by atoms with E-state index in [0.717, 1.165) is 24.4 Å². The monoisotopic (exact) mass is 211 g/mol. The number of aromatic amines is 1. The molecular formula is C11H21N3O. The summed E-state index contributed by atoms with van der Waals surface area (Å²) in [5.41, 5.74) is 3.34. The maximum Gasteiger partial charge on any atom is 0.0638 e. The summed E-state index contributed by atoms with van der Waals surface area (Å²) in [4.78, 5) is 0. The van der Waals surface area contributed by atoms with Crippen molar-refractivity contribution in [1.82, 2.24) is 15.5 Å². The van der Waals surface area contributed by atoms with E-state index in [1.165, 1.54) is 5.56 Å². The third kappa shape index (κ3) is 3.32. The summed E-state index contributed by atoms with van der Waals surface area (Å²) < 4.78 is 0. The van der Waals surface area contributed by atoms with Crippen LogP contribution in [-0.2, 0) is 6.54 Å². The lowest BCUT2D eigenvalue weighted by molar-refractivity contribution is 0.230. The Hall–Kier alpha value is -0.870. The van der Waals surface area contributed by atoms with E-state index < -0.39 is 0 Å². The minimum absolute atomic E-state index is 0.0368. The number of H-pyrrole nitrogens is 1. The molecule has 1 heterocycles. The Balaban J connectivity index is 2.57. The molecule has 1 aromatic rings. The van der Waals surface area contributed by atoms with E-state index in [2.05, 4.69) is 29.4 Å². The lowest BCUT2D eigenvalue weighted by Crippen LogP contribution is -2.39. The SMILES string of the molecule is Cc1n[nH]c(C)c1CNC(C)(C)CCO. The van der Waals surface area contributed by atoms with Crippen molar-refractivity contribution in [1.29, 1.82) is 0 Å². The molecule has 0 radical (unpaired) electrons. The molecule has 0 unspecified atom stereocenters. The van der Waals surface area contributed by atoms with Crippen LogP contribution in [0.4, 0.5) is 0 Å². The zero-order valence-corrected chi connectivity index (χ0v) is 10.0. The van der Waals surface area contributed by atoms with Gasteiger partial charge in [-0.15, -0.1) is 0 Å². The third-order valence-electron chi connectivity index (χ3n) is 2.76. The second-order valence-electron chi connectivity index (χ2n) is 4.62. The molecule has 15 heavy (non-hydrogen) atoms. The van der Waals surface area contributed by atoms with E-state index >= 15 is 0 Å². The Morgan fingerprint density at radius 2 is 2.07 bits per heavy atom. The Morgan fingerprint density at radius 3 is 2.53 bits per heavy atom. The topological polar surface area (TPSA) is 60.9 Å². The highest BCUT2D eigenvalue weighted by Gasteiger charge is 2.17. The molecule has 3 N–H and O–H groups in total. The lowest BCUT2D eigenvalue weighted by atomic mass is 10.0. The summed E-state index contributed by atoms with van der Waals surface area (Å²) in [7, 11) is 0. The molecular weight excluding hydrogens is 190 g/mol. The second-order valence-corrected chi connectivity index (χ2v) is 4.62. The Labute approximate surface area is 91.1 Å². The van der Waals surface area contributed by atoms with Crippen LogP contribution in [0.2, 0.25) is 0 Å². The van der Waals surface area contributed by atoms with Crippen LogP contribution in [-0.4, -0.2) is 27.4 Å². The first-order chi connectivity index (χ1) is 6.96. The van der Waals surface area contributed by atoms with Gasteiger partial charge in [0.1, 0.15) is 0 Å². The van der Waals surface area contributed by atoms with E-state index in [-0.39, 0.29) is 12.1 Å². The molecule has 0 spiro atoms. The largest absolute Gasteiger partial charge is 0.396 e. The van der Waals surface area contributed by atoms with Crippen molar-refractivity contribution in [3.05, 3.63) is 17.0 Å². The van der Waals surface area contributed by atoms with Gasteiger partial charge in [0.15, 0.2) is 0 Å². The van der Waals surface area contributed by atoms with E-state index in [1.807, 2.05) is 13.8 Å². The first-order valence-corrected chi connectivity index (χ1v) is 5.32.